The van der Waals surface area contributed by atoms with E-state index in [2.05, 4.69) is 10.6 Å². The van der Waals surface area contributed by atoms with E-state index in [9.17, 15) is 13.2 Å². The molecule has 1 atom stereocenters. The second-order valence-corrected chi connectivity index (χ2v) is 6.66. The number of carbonyl (C=O) groups is 1. The summed E-state index contributed by atoms with van der Waals surface area (Å²) in [7, 11) is -3.30. The topological polar surface area (TPSA) is 84.5 Å². The van der Waals surface area contributed by atoms with Gasteiger partial charge in [-0.1, -0.05) is 0 Å². The molecule has 0 radical (unpaired) electrons. The van der Waals surface area contributed by atoms with Gasteiger partial charge in [-0.05, 0) is 19.3 Å². The summed E-state index contributed by atoms with van der Waals surface area (Å²) >= 11 is 0. The van der Waals surface area contributed by atoms with E-state index in [0.29, 0.717) is 19.0 Å². The average Bonchev–Trinajstić information content (AvgIpc) is 2.76. The summed E-state index contributed by atoms with van der Waals surface area (Å²) in [4.78, 5) is 11.2. The Bertz CT molecular complexity index is 350. The van der Waals surface area contributed by atoms with Crippen LogP contribution in [0.2, 0.25) is 0 Å². The lowest BCUT2D eigenvalue weighted by Crippen LogP contribution is -2.34. The van der Waals surface area contributed by atoms with Crippen molar-refractivity contribution in [2.24, 2.45) is 5.92 Å². The van der Waals surface area contributed by atoms with Gasteiger partial charge in [-0.3, -0.25) is 4.79 Å². The van der Waals surface area contributed by atoms with Gasteiger partial charge >= 0.3 is 0 Å². The molecule has 0 saturated carbocycles. The molecule has 7 heteroatoms. The Morgan fingerprint density at radius 3 is 2.83 bits per heavy atom. The van der Waals surface area contributed by atoms with Crippen molar-refractivity contribution in [1.29, 1.82) is 0 Å². The van der Waals surface area contributed by atoms with Gasteiger partial charge in [-0.15, -0.1) is 0 Å². The number of carbonyl (C=O) groups excluding carboxylic acids is 1. The molecule has 1 unspecified atom stereocenters. The van der Waals surface area contributed by atoms with E-state index in [4.69, 9.17) is 4.74 Å². The second kappa shape index (κ2) is 7.70. The maximum Gasteiger partial charge on any atom is 0.235 e. The zero-order chi connectivity index (χ0) is 13.4. The molecule has 0 aliphatic carbocycles. The Morgan fingerprint density at radius 2 is 2.22 bits per heavy atom. The van der Waals surface area contributed by atoms with Gasteiger partial charge in [0.2, 0.25) is 5.91 Å². The molecule has 6 nitrogen and oxygen atoms in total. The number of rotatable bonds is 8. The number of hydrogen-bond donors (Lipinski definition) is 2. The Balaban J connectivity index is 2.14. The third kappa shape index (κ3) is 6.32. The summed E-state index contributed by atoms with van der Waals surface area (Å²) in [5.41, 5.74) is 0. The molecule has 1 saturated heterocycles. The smallest absolute Gasteiger partial charge is 0.235 e. The van der Waals surface area contributed by atoms with Crippen molar-refractivity contribution < 1.29 is 17.9 Å². The number of nitrogens with one attached hydrogen (secondary N) is 2. The average molecular weight is 278 g/mol. The summed E-state index contributed by atoms with van der Waals surface area (Å²) in [6, 6.07) is 0. The zero-order valence-electron chi connectivity index (χ0n) is 10.8. The predicted octanol–water partition coefficient (Wildman–Crippen LogP) is -0.837. The molecule has 1 rings (SSSR count). The largest absolute Gasteiger partial charge is 0.381 e. The van der Waals surface area contributed by atoms with Crippen molar-refractivity contribution in [3.8, 4) is 0 Å². The van der Waals surface area contributed by atoms with Gasteiger partial charge in [0.15, 0.2) is 9.84 Å². The first-order chi connectivity index (χ1) is 8.53. The molecule has 1 aliphatic heterocycles. The Morgan fingerprint density at radius 1 is 1.44 bits per heavy atom. The summed E-state index contributed by atoms with van der Waals surface area (Å²) in [5.74, 6) is -0.370. The highest BCUT2D eigenvalue weighted by Crippen LogP contribution is 2.10. The van der Waals surface area contributed by atoms with Crippen LogP contribution in [0.5, 0.6) is 0 Å². The Labute approximate surface area is 108 Å². The van der Waals surface area contributed by atoms with Crippen molar-refractivity contribution in [3.05, 3.63) is 0 Å². The summed E-state index contributed by atoms with van der Waals surface area (Å²) in [6.45, 7) is 4.92. The van der Waals surface area contributed by atoms with Crippen LogP contribution >= 0.6 is 0 Å². The third-order valence-corrected chi connectivity index (χ3v) is 4.30. The van der Waals surface area contributed by atoms with E-state index in [1.165, 1.54) is 0 Å². The second-order valence-electron chi connectivity index (χ2n) is 4.48. The van der Waals surface area contributed by atoms with Crippen LogP contribution in [0.4, 0.5) is 0 Å². The van der Waals surface area contributed by atoms with Crippen LogP contribution in [0.3, 0.4) is 0 Å². The highest BCUT2D eigenvalue weighted by Gasteiger charge is 2.17. The molecule has 0 aromatic rings. The van der Waals surface area contributed by atoms with Gasteiger partial charge in [0.1, 0.15) is 5.75 Å². The normalized spacial score (nSPS) is 19.9. The molecule has 2 N–H and O–H groups in total. The molecule has 1 aliphatic rings. The van der Waals surface area contributed by atoms with E-state index < -0.39 is 21.5 Å². The molecule has 106 valence electrons. The van der Waals surface area contributed by atoms with Gasteiger partial charge in [-0.25, -0.2) is 8.42 Å². The molecule has 1 fully saturated rings. The molecular formula is C11H22N2O4S. The highest BCUT2D eigenvalue weighted by molar-refractivity contribution is 7.92. The molecular weight excluding hydrogens is 256 g/mol. The first-order valence-electron chi connectivity index (χ1n) is 6.29. The minimum Gasteiger partial charge on any atom is -0.381 e. The molecule has 0 aromatic carbocycles. The fourth-order valence-corrected chi connectivity index (χ4v) is 2.90. The van der Waals surface area contributed by atoms with Crippen LogP contribution in [0.1, 0.15) is 13.3 Å². The third-order valence-electron chi connectivity index (χ3n) is 2.77. The molecule has 0 aromatic heterocycles. The van der Waals surface area contributed by atoms with Gasteiger partial charge in [0.05, 0.1) is 12.4 Å². The van der Waals surface area contributed by atoms with Crippen molar-refractivity contribution in [1.82, 2.24) is 10.6 Å². The zero-order valence-corrected chi connectivity index (χ0v) is 11.6. The summed E-state index contributed by atoms with van der Waals surface area (Å²) in [5, 5.41) is 5.58. The van der Waals surface area contributed by atoms with E-state index in [1.54, 1.807) is 6.92 Å². The molecule has 0 spiro atoms. The number of hydrogen-bond acceptors (Lipinski definition) is 5. The van der Waals surface area contributed by atoms with Crippen LogP contribution in [0.25, 0.3) is 0 Å². The maximum absolute atomic E-state index is 11.6. The monoisotopic (exact) mass is 278 g/mol. The van der Waals surface area contributed by atoms with Crippen LogP contribution in [-0.2, 0) is 19.4 Å². The van der Waals surface area contributed by atoms with E-state index in [1.807, 2.05) is 0 Å². The van der Waals surface area contributed by atoms with Crippen LogP contribution < -0.4 is 10.6 Å². The minimum atomic E-state index is -3.30. The standard InChI is InChI=1S/C11H22N2O4S/c1-2-13-11(14)9-18(15,16)6-4-12-7-10-3-5-17-8-10/h10,12H,2-9H2,1H3,(H,13,14). The van der Waals surface area contributed by atoms with Gasteiger partial charge in [0, 0.05) is 26.2 Å². The minimum absolute atomic E-state index is 0.00227. The molecule has 1 amide bonds. The number of ether oxygens (including phenoxy) is 1. The van der Waals surface area contributed by atoms with E-state index >= 15 is 0 Å². The van der Waals surface area contributed by atoms with Crippen molar-refractivity contribution >= 4 is 15.7 Å². The molecule has 18 heavy (non-hydrogen) atoms. The van der Waals surface area contributed by atoms with Gasteiger partial charge in [0.25, 0.3) is 0 Å². The maximum atomic E-state index is 11.6. The van der Waals surface area contributed by atoms with Crippen LogP contribution in [0, 0.1) is 5.92 Å². The number of sulfone groups is 1. The van der Waals surface area contributed by atoms with Crippen molar-refractivity contribution in [2.75, 3.05) is 44.4 Å². The van der Waals surface area contributed by atoms with Gasteiger partial charge < -0.3 is 15.4 Å². The lowest BCUT2D eigenvalue weighted by atomic mass is 10.1. The number of amides is 1. The lowest BCUT2D eigenvalue weighted by molar-refractivity contribution is -0.118. The molecule has 1 heterocycles. The van der Waals surface area contributed by atoms with Crippen molar-refractivity contribution in [2.45, 2.75) is 13.3 Å². The fourth-order valence-electron chi connectivity index (χ4n) is 1.80. The predicted molar refractivity (Wildman–Crippen MR) is 69.1 cm³/mol. The van der Waals surface area contributed by atoms with E-state index in [-0.39, 0.29) is 5.75 Å². The first-order valence-corrected chi connectivity index (χ1v) is 8.11. The Hall–Kier alpha value is -0.660. The SMILES string of the molecule is CCNC(=O)CS(=O)(=O)CCNCC1CCOC1. The highest BCUT2D eigenvalue weighted by atomic mass is 32.2. The van der Waals surface area contributed by atoms with Crippen LogP contribution in [0.15, 0.2) is 0 Å². The van der Waals surface area contributed by atoms with E-state index in [0.717, 1.165) is 26.2 Å². The van der Waals surface area contributed by atoms with Crippen molar-refractivity contribution in [3.63, 3.8) is 0 Å². The first kappa shape index (κ1) is 15.4. The summed E-state index contributed by atoms with van der Waals surface area (Å²) < 4.78 is 28.4. The van der Waals surface area contributed by atoms with Gasteiger partial charge in [-0.2, -0.15) is 0 Å². The van der Waals surface area contributed by atoms with Crippen LogP contribution in [-0.4, -0.2) is 58.7 Å². The summed E-state index contributed by atoms with van der Waals surface area (Å²) in [6.07, 6.45) is 1.03. The molecule has 0 bridgehead atoms. The quantitative estimate of drug-likeness (QED) is 0.566. The Kier molecular flexibility index (Phi) is 6.59. The lowest BCUT2D eigenvalue weighted by Gasteiger charge is -2.09. The fraction of sp³-hybridized carbons (Fsp3) is 0.909.